The van der Waals surface area contributed by atoms with Crippen LogP contribution in [0.2, 0.25) is 0 Å². The lowest BCUT2D eigenvalue weighted by atomic mass is 10.0. The Hall–Kier alpha value is -4.28. The maximum Gasteiger partial charge on any atom is 0.277 e. The van der Waals surface area contributed by atoms with Crippen LogP contribution in [0.25, 0.3) is 0 Å². The van der Waals surface area contributed by atoms with Crippen molar-refractivity contribution in [2.24, 2.45) is 7.05 Å². The number of hydrogen-bond acceptors (Lipinski definition) is 7. The number of carbonyl (C=O) groups excluding carboxylic acids is 1. The average Bonchev–Trinajstić information content (AvgIpc) is 3.16. The molecule has 1 unspecified atom stereocenters. The average molecular weight is 411 g/mol. The normalized spacial score (nSPS) is 11.5. The Kier molecular flexibility index (Phi) is 5.72. The number of aromatic nitrogens is 2. The Morgan fingerprint density at radius 3 is 2.33 bits per heavy atom. The van der Waals surface area contributed by atoms with Crippen molar-refractivity contribution in [2.75, 3.05) is 7.11 Å². The first-order valence-electron chi connectivity index (χ1n) is 8.66. The van der Waals surface area contributed by atoms with Crippen LogP contribution in [0.5, 0.6) is 5.75 Å². The van der Waals surface area contributed by atoms with Crippen molar-refractivity contribution in [1.29, 1.82) is 0 Å². The molecule has 1 heterocycles. The summed E-state index contributed by atoms with van der Waals surface area (Å²) < 4.78 is 6.95. The Bertz CT molecular complexity index is 1090. The summed E-state index contributed by atoms with van der Waals surface area (Å²) in [4.78, 5) is 37.9. The van der Waals surface area contributed by atoms with Gasteiger partial charge in [0.25, 0.3) is 17.3 Å². The van der Waals surface area contributed by atoms with E-state index in [0.29, 0.717) is 17.1 Å². The van der Waals surface area contributed by atoms with Crippen molar-refractivity contribution in [3.8, 4) is 5.75 Å². The number of rotatable bonds is 7. The molecule has 0 bridgehead atoms. The zero-order chi connectivity index (χ0) is 21.8. The number of non-ortho nitro benzene ring substituents is 2. The van der Waals surface area contributed by atoms with Crippen LogP contribution in [0.1, 0.15) is 27.8 Å². The van der Waals surface area contributed by atoms with Gasteiger partial charge in [0.1, 0.15) is 17.6 Å². The van der Waals surface area contributed by atoms with Gasteiger partial charge < -0.3 is 14.6 Å². The number of nitro groups is 2. The number of benzene rings is 2. The number of nitrogens with zero attached hydrogens (tertiary/aromatic N) is 4. The molecule has 3 aromatic rings. The fourth-order valence-electron chi connectivity index (χ4n) is 2.92. The third-order valence-corrected chi connectivity index (χ3v) is 4.41. The first-order chi connectivity index (χ1) is 14.3. The van der Waals surface area contributed by atoms with Crippen molar-refractivity contribution in [3.05, 3.63) is 92.0 Å². The molecule has 3 rings (SSSR count). The minimum absolute atomic E-state index is 0.210. The van der Waals surface area contributed by atoms with Gasteiger partial charge in [-0.15, -0.1) is 0 Å². The maximum atomic E-state index is 12.9. The molecule has 154 valence electrons. The molecule has 0 aliphatic heterocycles. The predicted octanol–water partition coefficient (Wildman–Crippen LogP) is 2.76. The molecule has 0 fully saturated rings. The van der Waals surface area contributed by atoms with Crippen LogP contribution < -0.4 is 10.1 Å². The van der Waals surface area contributed by atoms with Crippen LogP contribution in [-0.4, -0.2) is 32.4 Å². The smallest absolute Gasteiger partial charge is 0.277 e. The Balaban J connectivity index is 2.03. The molecule has 1 atom stereocenters. The maximum absolute atomic E-state index is 12.9. The number of hydrogen-bond donors (Lipinski definition) is 1. The zero-order valence-corrected chi connectivity index (χ0v) is 16.0. The van der Waals surface area contributed by atoms with E-state index >= 15 is 0 Å². The van der Waals surface area contributed by atoms with Crippen molar-refractivity contribution < 1.29 is 19.4 Å². The summed E-state index contributed by atoms with van der Waals surface area (Å²) >= 11 is 0. The molecular formula is C19H17N5O6. The standard InChI is InChI=1S/C19H17N5O6/c1-22-7-6-20-18(22)17(12-4-3-5-16(10-12)30-2)21-19(25)13-8-14(23(26)27)11-15(9-13)24(28)29/h3-11,17H,1-2H3,(H,21,25). The number of imidazole rings is 1. The first-order valence-corrected chi connectivity index (χ1v) is 8.66. The lowest BCUT2D eigenvalue weighted by molar-refractivity contribution is -0.394. The van der Waals surface area contributed by atoms with E-state index in [1.807, 2.05) is 0 Å². The number of nitrogens with one attached hydrogen (secondary N) is 1. The van der Waals surface area contributed by atoms with Crippen molar-refractivity contribution in [1.82, 2.24) is 14.9 Å². The third-order valence-electron chi connectivity index (χ3n) is 4.41. The molecule has 0 radical (unpaired) electrons. The number of methoxy groups -OCH3 is 1. The minimum Gasteiger partial charge on any atom is -0.497 e. The summed E-state index contributed by atoms with van der Waals surface area (Å²) in [6, 6.07) is 9.01. The van der Waals surface area contributed by atoms with Crippen molar-refractivity contribution in [2.45, 2.75) is 6.04 Å². The van der Waals surface area contributed by atoms with Gasteiger partial charge in [-0.2, -0.15) is 0 Å². The molecule has 1 aromatic heterocycles. The molecule has 0 aliphatic rings. The van der Waals surface area contributed by atoms with Crippen molar-refractivity contribution >= 4 is 17.3 Å². The van der Waals surface area contributed by atoms with Crippen LogP contribution in [0.3, 0.4) is 0 Å². The van der Waals surface area contributed by atoms with Crippen LogP contribution >= 0.6 is 0 Å². The molecule has 11 nitrogen and oxygen atoms in total. The highest BCUT2D eigenvalue weighted by atomic mass is 16.6. The van der Waals surface area contributed by atoms with E-state index in [2.05, 4.69) is 10.3 Å². The van der Waals surface area contributed by atoms with Gasteiger partial charge in [-0.3, -0.25) is 25.0 Å². The molecule has 1 N–H and O–H groups in total. The number of ether oxygens (including phenoxy) is 1. The largest absolute Gasteiger partial charge is 0.497 e. The van der Waals surface area contributed by atoms with Gasteiger partial charge in [-0.25, -0.2) is 4.98 Å². The van der Waals surface area contributed by atoms with E-state index < -0.39 is 33.2 Å². The molecule has 2 aromatic carbocycles. The highest BCUT2D eigenvalue weighted by molar-refractivity contribution is 5.96. The van der Waals surface area contributed by atoms with Crippen LogP contribution in [0.15, 0.2) is 54.9 Å². The third kappa shape index (κ3) is 4.24. The lowest BCUT2D eigenvalue weighted by Crippen LogP contribution is -2.31. The number of nitro benzene ring substituents is 2. The molecule has 1 amide bonds. The van der Waals surface area contributed by atoms with Gasteiger partial charge in [0.2, 0.25) is 0 Å². The Morgan fingerprint density at radius 2 is 1.80 bits per heavy atom. The van der Waals surface area contributed by atoms with E-state index in [0.717, 1.165) is 18.2 Å². The highest BCUT2D eigenvalue weighted by Gasteiger charge is 2.25. The molecule has 0 aliphatic carbocycles. The first kappa shape index (κ1) is 20.5. The molecule has 0 saturated carbocycles. The van der Waals surface area contributed by atoms with E-state index in [1.54, 1.807) is 48.3 Å². The van der Waals surface area contributed by atoms with Gasteiger partial charge in [0.05, 0.1) is 28.6 Å². The number of aryl methyl sites for hydroxylation is 1. The topological polar surface area (TPSA) is 142 Å². The molecule has 0 spiro atoms. The molecule has 0 saturated heterocycles. The summed E-state index contributed by atoms with van der Waals surface area (Å²) in [6.45, 7) is 0. The Morgan fingerprint density at radius 1 is 1.13 bits per heavy atom. The van der Waals surface area contributed by atoms with Gasteiger partial charge in [-0.1, -0.05) is 12.1 Å². The highest BCUT2D eigenvalue weighted by Crippen LogP contribution is 2.26. The van der Waals surface area contributed by atoms with E-state index in [9.17, 15) is 25.0 Å². The fourth-order valence-corrected chi connectivity index (χ4v) is 2.92. The SMILES string of the molecule is COc1cccc(C(NC(=O)c2cc([N+](=O)[O-])cc([N+](=O)[O-])c2)c2nccn2C)c1. The van der Waals surface area contributed by atoms with Gasteiger partial charge >= 0.3 is 0 Å². The minimum atomic E-state index is -0.790. The summed E-state index contributed by atoms with van der Waals surface area (Å²) in [7, 11) is 3.26. The van der Waals surface area contributed by atoms with Gasteiger partial charge in [0.15, 0.2) is 0 Å². The predicted molar refractivity (Wildman–Crippen MR) is 105 cm³/mol. The Labute approximate surface area is 170 Å². The van der Waals surface area contributed by atoms with Gasteiger partial charge in [0, 0.05) is 31.6 Å². The molecular weight excluding hydrogens is 394 g/mol. The van der Waals surface area contributed by atoms with Crippen molar-refractivity contribution in [3.63, 3.8) is 0 Å². The second-order valence-corrected chi connectivity index (χ2v) is 6.33. The second kappa shape index (κ2) is 8.39. The lowest BCUT2D eigenvalue weighted by Gasteiger charge is -2.20. The summed E-state index contributed by atoms with van der Waals surface area (Å²) in [6.07, 6.45) is 3.26. The fraction of sp³-hybridized carbons (Fsp3) is 0.158. The van der Waals surface area contributed by atoms with E-state index in [1.165, 1.54) is 7.11 Å². The molecule has 11 heteroatoms. The zero-order valence-electron chi connectivity index (χ0n) is 16.0. The van der Waals surface area contributed by atoms with Crippen LogP contribution in [0, 0.1) is 20.2 Å². The van der Waals surface area contributed by atoms with E-state index in [4.69, 9.17) is 4.74 Å². The number of carbonyl (C=O) groups is 1. The summed E-state index contributed by atoms with van der Waals surface area (Å²) in [5.74, 6) is 0.334. The summed E-state index contributed by atoms with van der Waals surface area (Å²) in [5.41, 5.74) is -0.663. The summed E-state index contributed by atoms with van der Waals surface area (Å²) in [5, 5.41) is 25.0. The quantitative estimate of drug-likeness (QED) is 0.465. The van der Waals surface area contributed by atoms with Crippen LogP contribution in [-0.2, 0) is 7.05 Å². The van der Waals surface area contributed by atoms with Crippen LogP contribution in [0.4, 0.5) is 11.4 Å². The van der Waals surface area contributed by atoms with Gasteiger partial charge in [-0.05, 0) is 17.7 Å². The van der Waals surface area contributed by atoms with E-state index in [-0.39, 0.29) is 5.56 Å². The second-order valence-electron chi connectivity index (χ2n) is 6.33. The molecule has 30 heavy (non-hydrogen) atoms. The monoisotopic (exact) mass is 411 g/mol. The number of amides is 1.